The van der Waals surface area contributed by atoms with Crippen molar-refractivity contribution < 1.29 is 13.2 Å². The summed E-state index contributed by atoms with van der Waals surface area (Å²) in [6.45, 7) is 0. The molecule has 29 heavy (non-hydrogen) atoms. The highest BCUT2D eigenvalue weighted by atomic mass is 32.2. The largest absolute Gasteiger partial charge is 0.353 e. The normalized spacial score (nSPS) is 16.4. The number of sulfonamides is 1. The van der Waals surface area contributed by atoms with Gasteiger partial charge in [-0.15, -0.1) is 0 Å². The predicted molar refractivity (Wildman–Crippen MR) is 115 cm³/mol. The second-order valence-electron chi connectivity index (χ2n) is 6.05. The van der Waals surface area contributed by atoms with E-state index < -0.39 is 22.2 Å². The number of hydrogen-bond donors (Lipinski definition) is 3. The fraction of sp³-hybridized carbons (Fsp3) is 0.0588. The molecule has 0 saturated carbocycles. The van der Waals surface area contributed by atoms with E-state index in [-0.39, 0.29) is 10.6 Å². The first-order valence-corrected chi connectivity index (χ1v) is 11.7. The van der Waals surface area contributed by atoms with Crippen LogP contribution in [0.5, 0.6) is 0 Å². The van der Waals surface area contributed by atoms with Gasteiger partial charge in [-0.05, 0) is 35.0 Å². The van der Waals surface area contributed by atoms with E-state index in [0.29, 0.717) is 11.3 Å². The molecule has 3 aromatic rings. The summed E-state index contributed by atoms with van der Waals surface area (Å²) in [6.07, 6.45) is 0.269. The highest BCUT2D eigenvalue weighted by Crippen LogP contribution is 2.37. The molecule has 12 heteroatoms. The smallest absolute Gasteiger partial charge is 0.277 e. The molecule has 5 N–H and O–H groups in total. The number of hydrogen-bond acceptors (Lipinski definition) is 9. The van der Waals surface area contributed by atoms with Crippen molar-refractivity contribution in [2.45, 2.75) is 11.2 Å². The number of hydrazone groups is 1. The second kappa shape index (κ2) is 7.57. The summed E-state index contributed by atoms with van der Waals surface area (Å²) in [6, 6.07) is 8.17. The number of nitrogens with one attached hydrogen (secondary N) is 1. The number of carbonyl (C=O) groups is 1. The first kappa shape index (κ1) is 19.5. The minimum atomic E-state index is -4.07. The Kier molecular flexibility index (Phi) is 5.10. The predicted octanol–water partition coefficient (Wildman–Crippen LogP) is 2.35. The van der Waals surface area contributed by atoms with Crippen LogP contribution >= 0.6 is 22.7 Å². The monoisotopic (exact) mass is 448 g/mol. The average Bonchev–Trinajstić information content (AvgIpc) is 3.43. The lowest BCUT2D eigenvalue weighted by Gasteiger charge is -2.28. The van der Waals surface area contributed by atoms with Gasteiger partial charge in [0.25, 0.3) is 5.91 Å². The highest BCUT2D eigenvalue weighted by Gasteiger charge is 2.35. The van der Waals surface area contributed by atoms with E-state index in [4.69, 9.17) is 10.9 Å². The van der Waals surface area contributed by atoms with Crippen LogP contribution in [0.4, 0.5) is 17.1 Å². The van der Waals surface area contributed by atoms with E-state index in [0.717, 1.165) is 10.7 Å². The lowest BCUT2D eigenvalue weighted by atomic mass is 10.2. The number of benzene rings is 1. The van der Waals surface area contributed by atoms with E-state index in [1.54, 1.807) is 29.0 Å². The number of nitrogens with two attached hydrogens (primary N) is 2. The number of amides is 1. The summed E-state index contributed by atoms with van der Waals surface area (Å²) >= 11 is 2.86. The molecule has 1 atom stereocenters. The Bertz CT molecular complexity index is 1160. The van der Waals surface area contributed by atoms with Gasteiger partial charge in [0.2, 0.25) is 10.0 Å². The van der Waals surface area contributed by atoms with Crippen molar-refractivity contribution in [3.05, 3.63) is 57.4 Å². The molecule has 0 aliphatic carbocycles. The number of primary sulfonamides is 1. The summed E-state index contributed by atoms with van der Waals surface area (Å²) in [5.41, 5.74) is 8.15. The van der Waals surface area contributed by atoms with Gasteiger partial charge in [0.15, 0.2) is 6.29 Å². The van der Waals surface area contributed by atoms with Gasteiger partial charge in [0, 0.05) is 16.4 Å². The summed E-state index contributed by atoms with van der Waals surface area (Å²) in [4.78, 5) is 13.9. The summed E-state index contributed by atoms with van der Waals surface area (Å²) in [5.74, 6) is -0.391. The number of anilines is 3. The van der Waals surface area contributed by atoms with Crippen molar-refractivity contribution >= 4 is 62.0 Å². The molecule has 0 bridgehead atoms. The van der Waals surface area contributed by atoms with Crippen LogP contribution < -0.4 is 21.1 Å². The summed E-state index contributed by atoms with van der Waals surface area (Å²) < 4.78 is 24.5. The van der Waals surface area contributed by atoms with Crippen molar-refractivity contribution in [2.24, 2.45) is 16.0 Å². The lowest BCUT2D eigenvalue weighted by Crippen LogP contribution is -2.49. The van der Waals surface area contributed by atoms with Crippen LogP contribution in [0.1, 0.15) is 10.4 Å². The van der Waals surface area contributed by atoms with Crippen LogP contribution in [-0.2, 0) is 10.0 Å². The van der Waals surface area contributed by atoms with Crippen LogP contribution in [-0.4, -0.2) is 32.0 Å². The maximum absolute atomic E-state index is 12.7. The van der Waals surface area contributed by atoms with Gasteiger partial charge in [-0.1, -0.05) is 6.07 Å². The Morgan fingerprint density at radius 2 is 1.90 bits per heavy atom. The SMILES string of the molecule is NC1N(C(=O)c2ccsc2)N=CN1c1c(Nc2ccsc2)cccc1S(N)(=O)=O. The van der Waals surface area contributed by atoms with Gasteiger partial charge in [0.1, 0.15) is 11.2 Å². The van der Waals surface area contributed by atoms with Gasteiger partial charge in [-0.2, -0.15) is 32.8 Å². The minimum Gasteiger partial charge on any atom is -0.353 e. The number of para-hydroxylation sites is 1. The van der Waals surface area contributed by atoms with Crippen LogP contribution in [0.15, 0.2) is 61.8 Å². The molecule has 0 spiro atoms. The third-order valence-electron chi connectivity index (χ3n) is 4.18. The highest BCUT2D eigenvalue weighted by molar-refractivity contribution is 7.89. The maximum Gasteiger partial charge on any atom is 0.277 e. The molecule has 1 amide bonds. The number of carbonyl (C=O) groups excluding carboxylic acids is 1. The first-order valence-electron chi connectivity index (χ1n) is 8.25. The molecule has 2 aromatic heterocycles. The van der Waals surface area contributed by atoms with E-state index in [1.807, 2.05) is 16.8 Å². The Morgan fingerprint density at radius 1 is 1.14 bits per heavy atom. The third kappa shape index (κ3) is 3.75. The molecule has 150 valence electrons. The van der Waals surface area contributed by atoms with E-state index in [1.165, 1.54) is 40.0 Å². The van der Waals surface area contributed by atoms with Crippen LogP contribution in [0, 0.1) is 0 Å². The van der Waals surface area contributed by atoms with Crippen molar-refractivity contribution in [3.63, 3.8) is 0 Å². The molecular formula is C17H16N6O3S3. The Labute approximate surface area is 174 Å². The average molecular weight is 449 g/mol. The van der Waals surface area contributed by atoms with Crippen LogP contribution in [0.3, 0.4) is 0 Å². The molecule has 1 unspecified atom stereocenters. The van der Waals surface area contributed by atoms with Crippen LogP contribution in [0.25, 0.3) is 0 Å². The number of nitrogens with zero attached hydrogens (tertiary/aromatic N) is 3. The van der Waals surface area contributed by atoms with E-state index in [9.17, 15) is 13.2 Å². The van der Waals surface area contributed by atoms with Gasteiger partial charge in [-0.25, -0.2) is 13.6 Å². The molecule has 9 nitrogen and oxygen atoms in total. The molecule has 0 radical (unpaired) electrons. The standard InChI is InChI=1S/C17H16N6O3S3/c18-17-22(10-20-23(17)16(24)11-4-6-27-8-11)15-13(21-12-5-7-28-9-12)2-1-3-14(15)29(19,25)26/h1-10,17,21H,18H2,(H2,19,25,26). The lowest BCUT2D eigenvalue weighted by molar-refractivity contribution is 0.0718. The summed E-state index contributed by atoms with van der Waals surface area (Å²) in [7, 11) is -4.07. The summed E-state index contributed by atoms with van der Waals surface area (Å²) in [5, 5.41) is 21.0. The zero-order chi connectivity index (χ0) is 20.6. The fourth-order valence-electron chi connectivity index (χ4n) is 2.86. The van der Waals surface area contributed by atoms with E-state index >= 15 is 0 Å². The van der Waals surface area contributed by atoms with Crippen molar-refractivity contribution in [2.75, 3.05) is 10.2 Å². The molecule has 1 aliphatic heterocycles. The topological polar surface area (TPSA) is 134 Å². The molecule has 0 fully saturated rings. The zero-order valence-electron chi connectivity index (χ0n) is 14.8. The molecule has 4 rings (SSSR count). The molecule has 1 aliphatic rings. The van der Waals surface area contributed by atoms with Gasteiger partial charge >= 0.3 is 0 Å². The molecule has 3 heterocycles. The molecular weight excluding hydrogens is 432 g/mol. The third-order valence-corrected chi connectivity index (χ3v) is 6.49. The van der Waals surface area contributed by atoms with Gasteiger partial charge < -0.3 is 5.32 Å². The quantitative estimate of drug-likeness (QED) is 0.548. The maximum atomic E-state index is 12.7. The Hall–Kier alpha value is -2.77. The zero-order valence-corrected chi connectivity index (χ0v) is 17.2. The molecule has 0 saturated heterocycles. The Balaban J connectivity index is 1.75. The second-order valence-corrected chi connectivity index (χ2v) is 9.14. The Morgan fingerprint density at radius 3 is 2.55 bits per heavy atom. The van der Waals surface area contributed by atoms with Gasteiger partial charge in [0.05, 0.1) is 16.9 Å². The van der Waals surface area contributed by atoms with Crippen molar-refractivity contribution in [1.29, 1.82) is 0 Å². The van der Waals surface area contributed by atoms with Crippen molar-refractivity contribution in [3.8, 4) is 0 Å². The van der Waals surface area contributed by atoms with E-state index in [2.05, 4.69) is 10.4 Å². The van der Waals surface area contributed by atoms with Gasteiger partial charge in [-0.3, -0.25) is 15.4 Å². The van der Waals surface area contributed by atoms with Crippen molar-refractivity contribution in [1.82, 2.24) is 5.01 Å². The minimum absolute atomic E-state index is 0.135. The number of rotatable bonds is 5. The molecule has 1 aromatic carbocycles. The van der Waals surface area contributed by atoms with Crippen LogP contribution in [0.2, 0.25) is 0 Å². The first-order chi connectivity index (χ1) is 13.9. The fourth-order valence-corrected chi connectivity index (χ4v) is 4.83. The number of thiophene rings is 2.